The van der Waals surface area contributed by atoms with E-state index in [1.54, 1.807) is 6.07 Å². The molecule has 0 saturated heterocycles. The Hall–Kier alpha value is -1.80. The van der Waals surface area contributed by atoms with E-state index in [0.717, 1.165) is 28.1 Å². The summed E-state index contributed by atoms with van der Waals surface area (Å²) in [6.45, 7) is 0. The number of carbonyl (C=O) groups is 1. The molecule has 0 aliphatic heterocycles. The molecule has 3 heteroatoms. The summed E-state index contributed by atoms with van der Waals surface area (Å²) in [5.74, 6) is 0. The van der Waals surface area contributed by atoms with Crippen molar-refractivity contribution in [2.24, 2.45) is 0 Å². The summed E-state index contributed by atoms with van der Waals surface area (Å²) < 4.78 is 0. The van der Waals surface area contributed by atoms with Gasteiger partial charge in [0.1, 0.15) is 0 Å². The Kier molecular flexibility index (Phi) is 1.98. The summed E-state index contributed by atoms with van der Waals surface area (Å²) in [7, 11) is 0. The van der Waals surface area contributed by atoms with Gasteiger partial charge in [0.05, 0.1) is 10.5 Å². The topological polar surface area (TPSA) is 32.9 Å². The highest BCUT2D eigenvalue weighted by molar-refractivity contribution is 6.38. The number of aldehydes is 1. The maximum Gasteiger partial charge on any atom is 0.151 e. The molecule has 0 unspecified atom stereocenters. The van der Waals surface area contributed by atoms with Gasteiger partial charge in [0.2, 0.25) is 0 Å². The highest BCUT2D eigenvalue weighted by Crippen LogP contribution is 2.31. The third-order valence-corrected chi connectivity index (χ3v) is 3.18. The number of benzene rings is 2. The number of para-hydroxylation sites is 1. The Morgan fingerprint density at radius 3 is 2.69 bits per heavy atom. The molecule has 3 rings (SSSR count). The van der Waals surface area contributed by atoms with Gasteiger partial charge in [-0.25, -0.2) is 0 Å². The number of hydrogen-bond donors (Lipinski definition) is 1. The quantitative estimate of drug-likeness (QED) is 0.633. The molecule has 0 amide bonds. The molecule has 1 heterocycles. The van der Waals surface area contributed by atoms with Gasteiger partial charge in [-0.3, -0.25) is 4.79 Å². The van der Waals surface area contributed by atoms with Crippen molar-refractivity contribution in [3.8, 4) is 0 Å². The average Bonchev–Trinajstić information content (AvgIpc) is 2.69. The molecule has 0 bridgehead atoms. The normalized spacial score (nSPS) is 11.1. The van der Waals surface area contributed by atoms with Crippen molar-refractivity contribution < 1.29 is 4.79 Å². The Bertz CT molecular complexity index is 700. The van der Waals surface area contributed by atoms with Crippen LogP contribution in [0.25, 0.3) is 21.8 Å². The predicted octanol–water partition coefficient (Wildman–Crippen LogP) is 3.79. The SMILES string of the molecule is O=Cc1ccc2c([nH]c3ccccc32)c1Cl. The standard InChI is InChI=1S/C13H8ClNO/c14-12-8(7-16)5-6-10-9-3-1-2-4-11(9)15-13(10)12/h1-7,15H. The molecule has 0 fully saturated rings. The maximum atomic E-state index is 10.8. The fraction of sp³-hybridized carbons (Fsp3) is 0. The minimum absolute atomic E-state index is 0.490. The Labute approximate surface area is 96.8 Å². The maximum absolute atomic E-state index is 10.8. The lowest BCUT2D eigenvalue weighted by Gasteiger charge is -1.97. The van der Waals surface area contributed by atoms with Crippen LogP contribution in [0.2, 0.25) is 5.02 Å². The molecule has 1 N–H and O–H groups in total. The summed E-state index contributed by atoms with van der Waals surface area (Å²) in [6, 6.07) is 11.6. The fourth-order valence-corrected chi connectivity index (χ4v) is 2.25. The first-order chi connectivity index (χ1) is 7.81. The number of aromatic nitrogens is 1. The van der Waals surface area contributed by atoms with Gasteiger partial charge in [0.25, 0.3) is 0 Å². The number of carbonyl (C=O) groups excluding carboxylic acids is 1. The smallest absolute Gasteiger partial charge is 0.151 e. The number of rotatable bonds is 1. The minimum Gasteiger partial charge on any atom is -0.353 e. The van der Waals surface area contributed by atoms with E-state index in [1.165, 1.54) is 0 Å². The van der Waals surface area contributed by atoms with Crippen molar-refractivity contribution in [2.45, 2.75) is 0 Å². The van der Waals surface area contributed by atoms with Crippen molar-refractivity contribution in [3.63, 3.8) is 0 Å². The second kappa shape index (κ2) is 3.35. The largest absolute Gasteiger partial charge is 0.353 e. The van der Waals surface area contributed by atoms with Crippen LogP contribution in [0, 0.1) is 0 Å². The summed E-state index contributed by atoms with van der Waals surface area (Å²) in [5, 5.41) is 2.66. The second-order valence-corrected chi connectivity index (χ2v) is 4.06. The van der Waals surface area contributed by atoms with Crippen molar-refractivity contribution in [1.82, 2.24) is 4.98 Å². The number of halogens is 1. The van der Waals surface area contributed by atoms with E-state index in [9.17, 15) is 4.79 Å². The van der Waals surface area contributed by atoms with Crippen LogP contribution in [0.5, 0.6) is 0 Å². The first-order valence-corrected chi connectivity index (χ1v) is 5.33. The van der Waals surface area contributed by atoms with Crippen molar-refractivity contribution in [2.75, 3.05) is 0 Å². The number of H-pyrrole nitrogens is 1. The third kappa shape index (κ3) is 1.17. The molecule has 2 aromatic carbocycles. The number of fused-ring (bicyclic) bond motifs is 3. The lowest BCUT2D eigenvalue weighted by Crippen LogP contribution is -1.82. The highest BCUT2D eigenvalue weighted by Gasteiger charge is 2.09. The van der Waals surface area contributed by atoms with Crippen molar-refractivity contribution >= 4 is 39.7 Å². The number of nitrogens with one attached hydrogen (secondary N) is 1. The molecule has 0 saturated carbocycles. The summed E-state index contributed by atoms with van der Waals surface area (Å²) in [4.78, 5) is 14.0. The summed E-state index contributed by atoms with van der Waals surface area (Å²) in [5.41, 5.74) is 2.37. The predicted molar refractivity (Wildman–Crippen MR) is 66.2 cm³/mol. The molecular weight excluding hydrogens is 222 g/mol. The molecular formula is C13H8ClNO. The zero-order chi connectivity index (χ0) is 11.1. The van der Waals surface area contributed by atoms with Gasteiger partial charge in [-0.05, 0) is 12.1 Å². The molecule has 0 atom stereocenters. The molecule has 2 nitrogen and oxygen atoms in total. The monoisotopic (exact) mass is 229 g/mol. The van der Waals surface area contributed by atoms with E-state index >= 15 is 0 Å². The first kappa shape index (κ1) is 9.43. The molecule has 0 spiro atoms. The fourth-order valence-electron chi connectivity index (χ4n) is 1.99. The third-order valence-electron chi connectivity index (χ3n) is 2.78. The van der Waals surface area contributed by atoms with Gasteiger partial charge in [-0.15, -0.1) is 0 Å². The van der Waals surface area contributed by atoms with Crippen molar-refractivity contribution in [1.29, 1.82) is 0 Å². The van der Waals surface area contributed by atoms with Crippen LogP contribution in [-0.2, 0) is 0 Å². The molecule has 3 aromatic rings. The van der Waals surface area contributed by atoms with Gasteiger partial charge < -0.3 is 4.98 Å². The van der Waals surface area contributed by atoms with E-state index < -0.39 is 0 Å². The lowest BCUT2D eigenvalue weighted by molar-refractivity contribution is 0.112. The molecule has 78 valence electrons. The first-order valence-electron chi connectivity index (χ1n) is 4.95. The van der Waals surface area contributed by atoms with Gasteiger partial charge in [0.15, 0.2) is 6.29 Å². The van der Waals surface area contributed by atoms with Crippen LogP contribution in [-0.4, -0.2) is 11.3 Å². The molecule has 0 aliphatic rings. The van der Waals surface area contributed by atoms with Gasteiger partial charge in [-0.2, -0.15) is 0 Å². The van der Waals surface area contributed by atoms with E-state index in [-0.39, 0.29) is 0 Å². The van der Waals surface area contributed by atoms with E-state index in [2.05, 4.69) is 4.98 Å². The zero-order valence-corrected chi connectivity index (χ0v) is 9.08. The van der Waals surface area contributed by atoms with Crippen LogP contribution in [0.15, 0.2) is 36.4 Å². The van der Waals surface area contributed by atoms with Gasteiger partial charge in [0, 0.05) is 21.9 Å². The Morgan fingerprint density at radius 1 is 1.06 bits per heavy atom. The zero-order valence-electron chi connectivity index (χ0n) is 8.33. The lowest BCUT2D eigenvalue weighted by atomic mass is 10.1. The molecule has 16 heavy (non-hydrogen) atoms. The second-order valence-electron chi connectivity index (χ2n) is 3.68. The van der Waals surface area contributed by atoms with Crippen LogP contribution in [0.3, 0.4) is 0 Å². The highest BCUT2D eigenvalue weighted by atomic mass is 35.5. The van der Waals surface area contributed by atoms with Crippen LogP contribution < -0.4 is 0 Å². The van der Waals surface area contributed by atoms with E-state index in [0.29, 0.717) is 10.6 Å². The number of aromatic amines is 1. The summed E-state index contributed by atoms with van der Waals surface area (Å²) in [6.07, 6.45) is 0.771. The minimum atomic E-state index is 0.490. The van der Waals surface area contributed by atoms with E-state index in [4.69, 9.17) is 11.6 Å². The Balaban J connectivity index is 2.54. The van der Waals surface area contributed by atoms with Gasteiger partial charge >= 0.3 is 0 Å². The molecule has 0 aliphatic carbocycles. The van der Waals surface area contributed by atoms with E-state index in [1.807, 2.05) is 30.3 Å². The van der Waals surface area contributed by atoms with Crippen molar-refractivity contribution in [3.05, 3.63) is 47.0 Å². The average molecular weight is 230 g/mol. The van der Waals surface area contributed by atoms with Gasteiger partial charge in [-0.1, -0.05) is 35.9 Å². The number of hydrogen-bond acceptors (Lipinski definition) is 1. The Morgan fingerprint density at radius 2 is 1.88 bits per heavy atom. The molecule has 1 aromatic heterocycles. The van der Waals surface area contributed by atoms with Crippen LogP contribution in [0.1, 0.15) is 10.4 Å². The molecule has 0 radical (unpaired) electrons. The van der Waals surface area contributed by atoms with Crippen LogP contribution >= 0.6 is 11.6 Å². The van der Waals surface area contributed by atoms with Crippen LogP contribution in [0.4, 0.5) is 0 Å². The summed E-state index contributed by atoms with van der Waals surface area (Å²) >= 11 is 6.15.